The number of rotatable bonds is 6. The molecule has 0 aromatic rings. The normalized spacial score (nSPS) is 28.6. The molecule has 0 bridgehead atoms. The SMILES string of the molecule is CCN(CC(C)C(=O)O)C(=O)C1CC1C1CC1. The Labute approximate surface area is 102 Å². The maximum Gasteiger partial charge on any atom is 0.308 e. The minimum absolute atomic E-state index is 0.178. The Balaban J connectivity index is 1.85. The van der Waals surface area contributed by atoms with Crippen molar-refractivity contribution in [3.8, 4) is 0 Å². The molecule has 0 heterocycles. The Morgan fingerprint density at radius 2 is 2.06 bits per heavy atom. The van der Waals surface area contributed by atoms with E-state index in [1.165, 1.54) is 12.8 Å². The molecular weight excluding hydrogens is 218 g/mol. The molecule has 0 aromatic carbocycles. The molecule has 0 radical (unpaired) electrons. The zero-order valence-electron chi connectivity index (χ0n) is 10.6. The number of carbonyl (C=O) groups excluding carboxylic acids is 1. The van der Waals surface area contributed by atoms with Gasteiger partial charge in [-0.3, -0.25) is 9.59 Å². The van der Waals surface area contributed by atoms with E-state index in [-0.39, 0.29) is 11.8 Å². The second-order valence-corrected chi connectivity index (χ2v) is 5.46. The molecule has 4 heteroatoms. The van der Waals surface area contributed by atoms with Gasteiger partial charge in [0.1, 0.15) is 0 Å². The van der Waals surface area contributed by atoms with Crippen LogP contribution in [0.3, 0.4) is 0 Å². The highest BCUT2D eigenvalue weighted by Gasteiger charge is 2.52. The molecule has 17 heavy (non-hydrogen) atoms. The predicted molar refractivity (Wildman–Crippen MR) is 63.4 cm³/mol. The molecule has 2 rings (SSSR count). The molecule has 0 aromatic heterocycles. The third-order valence-electron chi connectivity index (χ3n) is 3.99. The lowest BCUT2D eigenvalue weighted by Crippen LogP contribution is -2.38. The van der Waals surface area contributed by atoms with Crippen LogP contribution in [0.5, 0.6) is 0 Å². The third-order valence-corrected chi connectivity index (χ3v) is 3.99. The molecule has 4 nitrogen and oxygen atoms in total. The summed E-state index contributed by atoms with van der Waals surface area (Å²) in [4.78, 5) is 24.7. The molecule has 96 valence electrons. The number of nitrogens with zero attached hydrogens (tertiary/aromatic N) is 1. The molecule has 0 saturated heterocycles. The number of amides is 1. The van der Waals surface area contributed by atoms with Crippen molar-refractivity contribution >= 4 is 11.9 Å². The van der Waals surface area contributed by atoms with Crippen LogP contribution in [-0.2, 0) is 9.59 Å². The van der Waals surface area contributed by atoms with Gasteiger partial charge >= 0.3 is 5.97 Å². The fourth-order valence-electron chi connectivity index (χ4n) is 2.56. The van der Waals surface area contributed by atoms with Gasteiger partial charge in [-0.2, -0.15) is 0 Å². The van der Waals surface area contributed by atoms with Crippen LogP contribution in [0.4, 0.5) is 0 Å². The lowest BCUT2D eigenvalue weighted by Gasteiger charge is -2.23. The first-order chi connectivity index (χ1) is 8.04. The first-order valence-corrected chi connectivity index (χ1v) is 6.56. The summed E-state index contributed by atoms with van der Waals surface area (Å²) in [6, 6.07) is 0. The van der Waals surface area contributed by atoms with E-state index < -0.39 is 11.9 Å². The van der Waals surface area contributed by atoms with Gasteiger partial charge in [0.2, 0.25) is 5.91 Å². The summed E-state index contributed by atoms with van der Waals surface area (Å²) in [5, 5.41) is 8.87. The van der Waals surface area contributed by atoms with E-state index in [9.17, 15) is 9.59 Å². The van der Waals surface area contributed by atoms with Crippen molar-refractivity contribution < 1.29 is 14.7 Å². The van der Waals surface area contributed by atoms with E-state index in [2.05, 4.69) is 0 Å². The molecule has 2 aliphatic carbocycles. The van der Waals surface area contributed by atoms with Crippen molar-refractivity contribution in [3.63, 3.8) is 0 Å². The van der Waals surface area contributed by atoms with Crippen LogP contribution in [-0.4, -0.2) is 35.0 Å². The minimum atomic E-state index is -0.828. The number of aliphatic carboxylic acids is 1. The van der Waals surface area contributed by atoms with E-state index in [1.54, 1.807) is 11.8 Å². The zero-order valence-corrected chi connectivity index (χ0v) is 10.6. The van der Waals surface area contributed by atoms with Crippen molar-refractivity contribution in [1.82, 2.24) is 4.90 Å². The lowest BCUT2D eigenvalue weighted by molar-refractivity contribution is -0.143. The summed E-state index contributed by atoms with van der Waals surface area (Å²) >= 11 is 0. The number of hydrogen-bond acceptors (Lipinski definition) is 2. The molecule has 1 amide bonds. The van der Waals surface area contributed by atoms with Crippen LogP contribution in [0, 0.1) is 23.7 Å². The maximum atomic E-state index is 12.2. The molecule has 2 saturated carbocycles. The van der Waals surface area contributed by atoms with E-state index in [0.717, 1.165) is 12.3 Å². The highest BCUT2D eigenvalue weighted by molar-refractivity contribution is 5.82. The monoisotopic (exact) mass is 239 g/mol. The van der Waals surface area contributed by atoms with Gasteiger partial charge in [-0.05, 0) is 38.0 Å². The lowest BCUT2D eigenvalue weighted by atomic mass is 10.1. The van der Waals surface area contributed by atoms with Crippen molar-refractivity contribution in [2.24, 2.45) is 23.7 Å². The quantitative estimate of drug-likeness (QED) is 0.766. The second kappa shape index (κ2) is 4.67. The Kier molecular flexibility index (Phi) is 3.40. The summed E-state index contributed by atoms with van der Waals surface area (Å²) in [6.45, 7) is 4.54. The highest BCUT2D eigenvalue weighted by Crippen LogP contribution is 2.54. The van der Waals surface area contributed by atoms with Gasteiger partial charge in [-0.1, -0.05) is 6.92 Å². The summed E-state index contributed by atoms with van der Waals surface area (Å²) in [7, 11) is 0. The molecule has 1 N–H and O–H groups in total. The van der Waals surface area contributed by atoms with Crippen molar-refractivity contribution in [2.45, 2.75) is 33.1 Å². The van der Waals surface area contributed by atoms with Crippen LogP contribution in [0.2, 0.25) is 0 Å². The standard InChI is InChI=1S/C13H21NO3/c1-3-14(7-8(2)13(16)17)12(15)11-6-10(11)9-4-5-9/h8-11H,3-7H2,1-2H3,(H,16,17). The van der Waals surface area contributed by atoms with Gasteiger partial charge < -0.3 is 10.0 Å². The average Bonchev–Trinajstić information content (AvgIpc) is 3.16. The summed E-state index contributed by atoms with van der Waals surface area (Å²) in [5.74, 6) is 0.472. The summed E-state index contributed by atoms with van der Waals surface area (Å²) in [5.41, 5.74) is 0. The third kappa shape index (κ3) is 2.79. The molecule has 0 aliphatic heterocycles. The number of carbonyl (C=O) groups is 2. The van der Waals surface area contributed by atoms with Gasteiger partial charge in [0, 0.05) is 19.0 Å². The highest BCUT2D eigenvalue weighted by atomic mass is 16.4. The molecule has 2 aliphatic rings. The van der Waals surface area contributed by atoms with E-state index in [1.807, 2.05) is 6.92 Å². The minimum Gasteiger partial charge on any atom is -0.481 e. The smallest absolute Gasteiger partial charge is 0.308 e. The van der Waals surface area contributed by atoms with E-state index in [4.69, 9.17) is 5.11 Å². The topological polar surface area (TPSA) is 57.6 Å². The number of hydrogen-bond donors (Lipinski definition) is 1. The first-order valence-electron chi connectivity index (χ1n) is 6.56. The summed E-state index contributed by atoms with van der Waals surface area (Å²) < 4.78 is 0. The van der Waals surface area contributed by atoms with Crippen LogP contribution in [0.25, 0.3) is 0 Å². The molecule has 0 spiro atoms. The molecular formula is C13H21NO3. The first kappa shape index (κ1) is 12.4. The fourth-order valence-corrected chi connectivity index (χ4v) is 2.56. The average molecular weight is 239 g/mol. The van der Waals surface area contributed by atoms with Crippen LogP contribution in [0.1, 0.15) is 33.1 Å². The largest absolute Gasteiger partial charge is 0.481 e. The Hall–Kier alpha value is -1.06. The fraction of sp³-hybridized carbons (Fsp3) is 0.846. The predicted octanol–water partition coefficient (Wildman–Crippen LogP) is 1.60. The van der Waals surface area contributed by atoms with Crippen LogP contribution in [0.15, 0.2) is 0 Å². The Bertz CT molecular complexity index is 325. The molecule has 3 atom stereocenters. The number of carboxylic acid groups (broad SMARTS) is 1. The van der Waals surface area contributed by atoms with Crippen molar-refractivity contribution in [2.75, 3.05) is 13.1 Å². The Morgan fingerprint density at radius 3 is 2.53 bits per heavy atom. The van der Waals surface area contributed by atoms with Gasteiger partial charge in [-0.15, -0.1) is 0 Å². The Morgan fingerprint density at radius 1 is 1.41 bits per heavy atom. The van der Waals surface area contributed by atoms with Crippen LogP contribution < -0.4 is 0 Å². The van der Waals surface area contributed by atoms with Gasteiger partial charge in [0.15, 0.2) is 0 Å². The van der Waals surface area contributed by atoms with Gasteiger partial charge in [0.25, 0.3) is 0 Å². The summed E-state index contributed by atoms with van der Waals surface area (Å²) in [6.07, 6.45) is 3.60. The van der Waals surface area contributed by atoms with Gasteiger partial charge in [0.05, 0.1) is 5.92 Å². The van der Waals surface area contributed by atoms with Crippen molar-refractivity contribution in [3.05, 3.63) is 0 Å². The van der Waals surface area contributed by atoms with Crippen molar-refractivity contribution in [1.29, 1.82) is 0 Å². The zero-order chi connectivity index (χ0) is 12.6. The molecule has 3 unspecified atom stereocenters. The number of carboxylic acids is 1. The van der Waals surface area contributed by atoms with Crippen LogP contribution >= 0.6 is 0 Å². The molecule has 2 fully saturated rings. The maximum absolute atomic E-state index is 12.2. The van der Waals surface area contributed by atoms with E-state index >= 15 is 0 Å². The van der Waals surface area contributed by atoms with Gasteiger partial charge in [-0.25, -0.2) is 0 Å². The second-order valence-electron chi connectivity index (χ2n) is 5.46. The van der Waals surface area contributed by atoms with E-state index in [0.29, 0.717) is 19.0 Å².